The largest absolute Gasteiger partial charge is 0.308 e. The van der Waals surface area contributed by atoms with Gasteiger partial charge in [0.05, 0.1) is 23.6 Å². The first-order chi connectivity index (χ1) is 9.74. The van der Waals surface area contributed by atoms with E-state index in [4.69, 9.17) is 0 Å². The molecular weight excluding hydrogens is 248 g/mol. The molecular formula is C16H22N4. The molecule has 1 N–H and O–H groups in total. The van der Waals surface area contributed by atoms with Gasteiger partial charge in [-0.1, -0.05) is 37.3 Å². The van der Waals surface area contributed by atoms with Crippen molar-refractivity contribution in [2.75, 3.05) is 6.54 Å². The predicted molar refractivity (Wildman–Crippen MR) is 79.7 cm³/mol. The highest BCUT2D eigenvalue weighted by atomic mass is 15.4. The lowest BCUT2D eigenvalue weighted by Crippen LogP contribution is -2.30. The van der Waals surface area contributed by atoms with E-state index in [0.29, 0.717) is 11.5 Å². The van der Waals surface area contributed by atoms with Crippen LogP contribution in [-0.4, -0.2) is 21.5 Å². The van der Waals surface area contributed by atoms with Gasteiger partial charge in [0.2, 0.25) is 0 Å². The van der Waals surface area contributed by atoms with Gasteiger partial charge in [-0.05, 0) is 43.4 Å². The van der Waals surface area contributed by atoms with Crippen LogP contribution in [-0.2, 0) is 0 Å². The Bertz CT molecular complexity index is 557. The summed E-state index contributed by atoms with van der Waals surface area (Å²) in [6.07, 6.45) is 5.59. The fourth-order valence-electron chi connectivity index (χ4n) is 2.69. The summed E-state index contributed by atoms with van der Waals surface area (Å²) in [5.74, 6) is 0. The summed E-state index contributed by atoms with van der Waals surface area (Å²) in [4.78, 5) is 0. The lowest BCUT2D eigenvalue weighted by atomic mass is 9.95. The SMILES string of the molecule is CCCNC(c1cnnn1-c1ccccc1)C1(C)CC1. The van der Waals surface area contributed by atoms with Gasteiger partial charge in [-0.25, -0.2) is 4.68 Å². The number of aromatic nitrogens is 3. The summed E-state index contributed by atoms with van der Waals surface area (Å²) in [7, 11) is 0. The van der Waals surface area contributed by atoms with Gasteiger partial charge in [0, 0.05) is 0 Å². The molecule has 0 spiro atoms. The van der Waals surface area contributed by atoms with Crippen LogP contribution in [0.25, 0.3) is 5.69 Å². The molecule has 1 fully saturated rings. The van der Waals surface area contributed by atoms with Gasteiger partial charge in [0.15, 0.2) is 0 Å². The van der Waals surface area contributed by atoms with Crippen LogP contribution in [0.1, 0.15) is 44.8 Å². The van der Waals surface area contributed by atoms with E-state index in [1.54, 1.807) is 0 Å². The lowest BCUT2D eigenvalue weighted by Gasteiger charge is -2.25. The Morgan fingerprint density at radius 2 is 2.05 bits per heavy atom. The maximum absolute atomic E-state index is 4.28. The zero-order chi connectivity index (χ0) is 14.0. The lowest BCUT2D eigenvalue weighted by molar-refractivity contribution is 0.353. The van der Waals surface area contributed by atoms with Gasteiger partial charge in [0.25, 0.3) is 0 Å². The van der Waals surface area contributed by atoms with E-state index in [1.165, 1.54) is 18.5 Å². The van der Waals surface area contributed by atoms with Crippen LogP contribution in [0.15, 0.2) is 36.5 Å². The van der Waals surface area contributed by atoms with Crippen LogP contribution >= 0.6 is 0 Å². The number of nitrogens with one attached hydrogen (secondary N) is 1. The third-order valence-corrected chi connectivity index (χ3v) is 4.21. The van der Waals surface area contributed by atoms with E-state index in [2.05, 4.69) is 41.6 Å². The summed E-state index contributed by atoms with van der Waals surface area (Å²) < 4.78 is 1.97. The minimum absolute atomic E-state index is 0.331. The molecule has 1 aromatic heterocycles. The second kappa shape index (κ2) is 5.37. The van der Waals surface area contributed by atoms with Crippen molar-refractivity contribution in [3.63, 3.8) is 0 Å². The molecule has 106 valence electrons. The quantitative estimate of drug-likeness (QED) is 0.877. The standard InChI is InChI=1S/C16H22N4/c1-3-11-17-15(16(2)9-10-16)14-12-18-19-20(14)13-7-5-4-6-8-13/h4-8,12,15,17H,3,9-11H2,1-2H3. The molecule has 1 saturated carbocycles. The minimum Gasteiger partial charge on any atom is -0.308 e. The van der Waals surface area contributed by atoms with Crippen molar-refractivity contribution in [2.45, 2.75) is 39.2 Å². The summed E-state index contributed by atoms with van der Waals surface area (Å²) in [5.41, 5.74) is 2.60. The van der Waals surface area contributed by atoms with Gasteiger partial charge in [-0.2, -0.15) is 0 Å². The molecule has 0 amide bonds. The van der Waals surface area contributed by atoms with Crippen LogP contribution in [0.3, 0.4) is 0 Å². The summed E-state index contributed by atoms with van der Waals surface area (Å²) in [5, 5.41) is 12.1. The third-order valence-electron chi connectivity index (χ3n) is 4.21. The van der Waals surface area contributed by atoms with Crippen molar-refractivity contribution in [3.8, 4) is 5.69 Å². The maximum Gasteiger partial charge on any atom is 0.0820 e. The fraction of sp³-hybridized carbons (Fsp3) is 0.500. The molecule has 1 aromatic carbocycles. The predicted octanol–water partition coefficient (Wildman–Crippen LogP) is 3.11. The zero-order valence-electron chi connectivity index (χ0n) is 12.2. The molecule has 0 aliphatic heterocycles. The van der Waals surface area contributed by atoms with Crippen LogP contribution in [0.4, 0.5) is 0 Å². The first kappa shape index (κ1) is 13.3. The number of hydrogen-bond acceptors (Lipinski definition) is 3. The molecule has 1 aliphatic rings. The van der Waals surface area contributed by atoms with Crippen molar-refractivity contribution < 1.29 is 0 Å². The van der Waals surface area contributed by atoms with E-state index in [-0.39, 0.29) is 0 Å². The number of nitrogens with zero attached hydrogens (tertiary/aromatic N) is 3. The maximum atomic E-state index is 4.28. The summed E-state index contributed by atoms with van der Waals surface area (Å²) in [6, 6.07) is 10.6. The highest BCUT2D eigenvalue weighted by Crippen LogP contribution is 2.54. The molecule has 20 heavy (non-hydrogen) atoms. The van der Waals surface area contributed by atoms with Crippen LogP contribution in [0.2, 0.25) is 0 Å². The van der Waals surface area contributed by atoms with Crippen LogP contribution < -0.4 is 5.32 Å². The monoisotopic (exact) mass is 270 g/mol. The normalized spacial score (nSPS) is 17.9. The average Bonchev–Trinajstić information content (AvgIpc) is 3.04. The van der Waals surface area contributed by atoms with Gasteiger partial charge in [0.1, 0.15) is 0 Å². The Morgan fingerprint density at radius 1 is 1.30 bits per heavy atom. The molecule has 4 nitrogen and oxygen atoms in total. The Kier molecular flexibility index (Phi) is 3.57. The molecule has 4 heteroatoms. The number of benzene rings is 1. The van der Waals surface area contributed by atoms with Crippen molar-refractivity contribution in [1.29, 1.82) is 0 Å². The minimum atomic E-state index is 0.331. The van der Waals surface area contributed by atoms with Gasteiger partial charge in [-0.15, -0.1) is 5.10 Å². The van der Waals surface area contributed by atoms with Crippen molar-refractivity contribution >= 4 is 0 Å². The second-order valence-corrected chi connectivity index (χ2v) is 5.95. The molecule has 3 rings (SSSR count). The molecule has 2 aromatic rings. The zero-order valence-corrected chi connectivity index (χ0v) is 12.2. The molecule has 1 unspecified atom stereocenters. The number of para-hydroxylation sites is 1. The first-order valence-corrected chi connectivity index (χ1v) is 7.44. The van der Waals surface area contributed by atoms with Crippen molar-refractivity contribution in [2.24, 2.45) is 5.41 Å². The summed E-state index contributed by atoms with van der Waals surface area (Å²) in [6.45, 7) is 5.58. The fourth-order valence-corrected chi connectivity index (χ4v) is 2.69. The Morgan fingerprint density at radius 3 is 2.70 bits per heavy atom. The van der Waals surface area contributed by atoms with E-state index in [1.807, 2.05) is 29.1 Å². The molecule has 0 saturated heterocycles. The highest BCUT2D eigenvalue weighted by molar-refractivity contribution is 5.33. The molecule has 0 bridgehead atoms. The van der Waals surface area contributed by atoms with Crippen molar-refractivity contribution in [1.82, 2.24) is 20.3 Å². The molecule has 1 heterocycles. The van der Waals surface area contributed by atoms with Crippen LogP contribution in [0.5, 0.6) is 0 Å². The smallest absolute Gasteiger partial charge is 0.0820 e. The molecule has 1 atom stereocenters. The van der Waals surface area contributed by atoms with E-state index in [9.17, 15) is 0 Å². The van der Waals surface area contributed by atoms with E-state index < -0.39 is 0 Å². The molecule has 1 aliphatic carbocycles. The van der Waals surface area contributed by atoms with Crippen molar-refractivity contribution in [3.05, 3.63) is 42.2 Å². The van der Waals surface area contributed by atoms with Crippen LogP contribution in [0, 0.1) is 5.41 Å². The van der Waals surface area contributed by atoms with Gasteiger partial charge in [-0.3, -0.25) is 0 Å². The Balaban J connectivity index is 1.94. The number of hydrogen-bond donors (Lipinski definition) is 1. The first-order valence-electron chi connectivity index (χ1n) is 7.44. The van der Waals surface area contributed by atoms with E-state index in [0.717, 1.165) is 18.7 Å². The average molecular weight is 270 g/mol. The Hall–Kier alpha value is -1.68. The number of rotatable bonds is 6. The molecule has 0 radical (unpaired) electrons. The van der Waals surface area contributed by atoms with E-state index >= 15 is 0 Å². The third kappa shape index (κ3) is 2.48. The van der Waals surface area contributed by atoms with Gasteiger partial charge < -0.3 is 5.32 Å². The topological polar surface area (TPSA) is 42.7 Å². The highest BCUT2D eigenvalue weighted by Gasteiger charge is 2.46. The second-order valence-electron chi connectivity index (χ2n) is 5.95. The van der Waals surface area contributed by atoms with Gasteiger partial charge >= 0.3 is 0 Å². The Labute approximate surface area is 120 Å². The summed E-state index contributed by atoms with van der Waals surface area (Å²) >= 11 is 0.